The molecule has 3 aliphatic rings. The Kier molecular flexibility index (Phi) is 6.48. The number of carbonyl (C=O) groups excluding carboxylic acids is 2. The van der Waals surface area contributed by atoms with E-state index in [9.17, 15) is 14.9 Å². The van der Waals surface area contributed by atoms with Crippen LogP contribution in [-0.2, 0) is 22.4 Å². The molecule has 1 N–H and O–H groups in total. The number of piperazine rings is 1. The van der Waals surface area contributed by atoms with Crippen LogP contribution in [0.25, 0.3) is 0 Å². The van der Waals surface area contributed by atoms with Crippen molar-refractivity contribution in [3.8, 4) is 6.07 Å². The van der Waals surface area contributed by atoms with Crippen LogP contribution in [0.3, 0.4) is 0 Å². The minimum atomic E-state index is -0.0203. The van der Waals surface area contributed by atoms with Crippen LogP contribution < -0.4 is 5.32 Å². The molecule has 0 radical (unpaired) electrons. The largest absolute Gasteiger partial charge is 0.342 e. The van der Waals surface area contributed by atoms with Crippen LogP contribution in [0.5, 0.6) is 0 Å². The molecule has 1 aromatic heterocycles. The van der Waals surface area contributed by atoms with E-state index in [1.165, 1.54) is 4.88 Å². The number of nitrogens with one attached hydrogen (secondary N) is 1. The van der Waals surface area contributed by atoms with Gasteiger partial charge in [-0.05, 0) is 37.7 Å². The number of hydrogen-bond acceptors (Lipinski definition) is 6. The fraction of sp³-hybridized carbons (Fsp3) is 0.667. The maximum atomic E-state index is 12.4. The number of amides is 2. The average Bonchev–Trinajstić information content (AvgIpc) is 3.45. The van der Waals surface area contributed by atoms with E-state index >= 15 is 0 Å². The van der Waals surface area contributed by atoms with Crippen molar-refractivity contribution in [2.45, 2.75) is 38.5 Å². The summed E-state index contributed by atoms with van der Waals surface area (Å²) in [5.41, 5.74) is 1.82. The minimum Gasteiger partial charge on any atom is -0.342 e. The molecule has 8 heteroatoms. The van der Waals surface area contributed by atoms with Gasteiger partial charge >= 0.3 is 0 Å². The molecular weight excluding hydrogens is 386 g/mol. The fourth-order valence-corrected chi connectivity index (χ4v) is 5.74. The first kappa shape index (κ1) is 20.3. The standard InChI is InChI=1S/C21H29N5O2S/c22-14-17-16-4-3-5-18(16)29-21(17)23-19(27)6-9-24-10-12-25(13-11-24)15-20(28)26-7-1-2-8-26/h1-13,15H2,(H,23,27). The zero-order valence-corrected chi connectivity index (χ0v) is 17.7. The maximum absolute atomic E-state index is 12.4. The van der Waals surface area contributed by atoms with Gasteiger partial charge in [-0.1, -0.05) is 0 Å². The Hall–Kier alpha value is -1.95. The van der Waals surface area contributed by atoms with Crippen LogP contribution in [0.4, 0.5) is 5.00 Å². The van der Waals surface area contributed by atoms with Crippen molar-refractivity contribution in [3.63, 3.8) is 0 Å². The van der Waals surface area contributed by atoms with Crippen LogP contribution in [0, 0.1) is 11.3 Å². The molecule has 0 atom stereocenters. The number of nitrogens with zero attached hydrogens (tertiary/aromatic N) is 4. The van der Waals surface area contributed by atoms with E-state index in [4.69, 9.17) is 0 Å². The van der Waals surface area contributed by atoms with Crippen LogP contribution in [-0.4, -0.2) is 78.9 Å². The van der Waals surface area contributed by atoms with Crippen molar-refractivity contribution in [1.29, 1.82) is 5.26 Å². The predicted molar refractivity (Wildman–Crippen MR) is 113 cm³/mol. The summed E-state index contributed by atoms with van der Waals surface area (Å²) >= 11 is 1.57. The first-order valence-electron chi connectivity index (χ1n) is 10.7. The van der Waals surface area contributed by atoms with Gasteiger partial charge < -0.3 is 15.1 Å². The number of hydrogen-bond donors (Lipinski definition) is 1. The Morgan fingerprint density at radius 3 is 2.45 bits per heavy atom. The van der Waals surface area contributed by atoms with Crippen molar-refractivity contribution < 1.29 is 9.59 Å². The summed E-state index contributed by atoms with van der Waals surface area (Å²) in [7, 11) is 0. The van der Waals surface area contributed by atoms with Gasteiger partial charge in [-0.3, -0.25) is 14.5 Å². The van der Waals surface area contributed by atoms with E-state index in [-0.39, 0.29) is 11.8 Å². The fourth-order valence-electron chi connectivity index (χ4n) is 4.49. The maximum Gasteiger partial charge on any atom is 0.236 e. The van der Waals surface area contributed by atoms with Crippen molar-refractivity contribution >= 4 is 28.2 Å². The third-order valence-corrected chi connectivity index (χ3v) is 7.43. The summed E-state index contributed by atoms with van der Waals surface area (Å²) in [5.74, 6) is 0.236. The Morgan fingerprint density at radius 2 is 1.72 bits per heavy atom. The summed E-state index contributed by atoms with van der Waals surface area (Å²) in [6.45, 7) is 6.58. The normalized spacial score (nSPS) is 19.9. The van der Waals surface area contributed by atoms with Gasteiger partial charge in [-0.15, -0.1) is 11.3 Å². The first-order valence-corrected chi connectivity index (χ1v) is 11.5. The lowest BCUT2D eigenvalue weighted by atomic mass is 10.1. The lowest BCUT2D eigenvalue weighted by molar-refractivity contribution is -0.131. The highest BCUT2D eigenvalue weighted by Crippen LogP contribution is 2.38. The molecule has 4 rings (SSSR count). The predicted octanol–water partition coefficient (Wildman–Crippen LogP) is 1.68. The summed E-state index contributed by atoms with van der Waals surface area (Å²) in [5, 5.41) is 13.1. The molecule has 1 aromatic rings. The zero-order chi connectivity index (χ0) is 20.2. The first-order chi connectivity index (χ1) is 14.1. The second-order valence-electron chi connectivity index (χ2n) is 8.18. The molecule has 2 aliphatic heterocycles. The number of fused-ring (bicyclic) bond motifs is 1. The van der Waals surface area contributed by atoms with E-state index in [2.05, 4.69) is 21.2 Å². The Balaban J connectivity index is 1.18. The molecule has 2 amide bonds. The van der Waals surface area contributed by atoms with Gasteiger partial charge in [0.05, 0.1) is 12.1 Å². The number of rotatable bonds is 6. The highest BCUT2D eigenvalue weighted by atomic mass is 32.1. The monoisotopic (exact) mass is 415 g/mol. The van der Waals surface area contributed by atoms with Gasteiger partial charge in [0.1, 0.15) is 11.1 Å². The topological polar surface area (TPSA) is 79.7 Å². The molecule has 0 bridgehead atoms. The summed E-state index contributed by atoms with van der Waals surface area (Å²) in [6.07, 6.45) is 5.78. The van der Waals surface area contributed by atoms with Gasteiger partial charge in [-0.25, -0.2) is 0 Å². The van der Waals surface area contributed by atoms with Gasteiger partial charge in [-0.2, -0.15) is 5.26 Å². The van der Waals surface area contributed by atoms with Crippen molar-refractivity contribution in [3.05, 3.63) is 16.0 Å². The number of likely N-dealkylation sites (tertiary alicyclic amines) is 1. The van der Waals surface area contributed by atoms with Crippen LogP contribution in [0.2, 0.25) is 0 Å². The Labute approximate surface area is 176 Å². The van der Waals surface area contributed by atoms with Gasteiger partial charge in [0.15, 0.2) is 0 Å². The minimum absolute atomic E-state index is 0.0203. The number of thiophene rings is 1. The lowest BCUT2D eigenvalue weighted by Crippen LogP contribution is -2.50. The van der Waals surface area contributed by atoms with Crippen molar-refractivity contribution in [1.82, 2.24) is 14.7 Å². The molecule has 29 heavy (non-hydrogen) atoms. The van der Waals surface area contributed by atoms with Crippen molar-refractivity contribution in [2.24, 2.45) is 0 Å². The molecule has 3 heterocycles. The number of nitriles is 1. The highest BCUT2D eigenvalue weighted by molar-refractivity contribution is 7.16. The molecule has 0 spiro atoms. The third kappa shape index (κ3) is 4.80. The Morgan fingerprint density at radius 1 is 1.00 bits per heavy atom. The number of carbonyl (C=O) groups is 2. The number of aryl methyl sites for hydroxylation is 1. The SMILES string of the molecule is N#Cc1c(NC(=O)CCN2CCN(CC(=O)N3CCCC3)CC2)sc2c1CCC2. The third-order valence-electron chi connectivity index (χ3n) is 6.22. The summed E-state index contributed by atoms with van der Waals surface area (Å²) < 4.78 is 0. The molecule has 1 aliphatic carbocycles. The van der Waals surface area contributed by atoms with Crippen LogP contribution >= 0.6 is 11.3 Å². The van der Waals surface area contributed by atoms with E-state index in [0.29, 0.717) is 25.1 Å². The smallest absolute Gasteiger partial charge is 0.236 e. The summed E-state index contributed by atoms with van der Waals surface area (Å²) in [6, 6.07) is 2.28. The second kappa shape index (κ2) is 9.24. The van der Waals surface area contributed by atoms with E-state index in [1.54, 1.807) is 11.3 Å². The van der Waals surface area contributed by atoms with Crippen LogP contribution in [0.1, 0.15) is 41.7 Å². The molecular formula is C21H29N5O2S. The Bertz CT molecular complexity index is 801. The van der Waals surface area contributed by atoms with E-state index in [0.717, 1.165) is 81.9 Å². The lowest BCUT2D eigenvalue weighted by Gasteiger charge is -2.34. The van der Waals surface area contributed by atoms with Gasteiger partial charge in [0, 0.05) is 57.1 Å². The van der Waals surface area contributed by atoms with E-state index < -0.39 is 0 Å². The zero-order valence-electron chi connectivity index (χ0n) is 16.9. The quantitative estimate of drug-likeness (QED) is 0.765. The molecule has 0 saturated carbocycles. The van der Waals surface area contributed by atoms with Crippen molar-refractivity contribution in [2.75, 3.05) is 57.7 Å². The molecule has 7 nitrogen and oxygen atoms in total. The molecule has 2 fully saturated rings. The average molecular weight is 416 g/mol. The number of anilines is 1. The summed E-state index contributed by atoms with van der Waals surface area (Å²) in [4.78, 5) is 32.4. The molecule has 156 valence electrons. The van der Waals surface area contributed by atoms with Crippen LogP contribution in [0.15, 0.2) is 0 Å². The van der Waals surface area contributed by atoms with Gasteiger partial charge in [0.2, 0.25) is 11.8 Å². The van der Waals surface area contributed by atoms with Gasteiger partial charge in [0.25, 0.3) is 0 Å². The van der Waals surface area contributed by atoms with E-state index in [1.807, 2.05) is 4.90 Å². The molecule has 2 saturated heterocycles. The molecule has 0 unspecified atom stereocenters. The second-order valence-corrected chi connectivity index (χ2v) is 9.28. The highest BCUT2D eigenvalue weighted by Gasteiger charge is 2.25. The molecule has 0 aromatic carbocycles.